The predicted octanol–water partition coefficient (Wildman–Crippen LogP) is 2.54. The Hall–Kier alpha value is -3.03. The lowest BCUT2D eigenvalue weighted by atomic mass is 10.1. The number of nitrogens with zero attached hydrogens (tertiary/aromatic N) is 4. The second-order valence-corrected chi connectivity index (χ2v) is 8.27. The van der Waals surface area contributed by atoms with E-state index in [9.17, 15) is 9.59 Å². The number of carbonyl (C=O) groups excluding carboxylic acids is 1. The van der Waals surface area contributed by atoms with Crippen LogP contribution in [0.3, 0.4) is 0 Å². The first-order valence-electron chi connectivity index (χ1n) is 11.2. The molecule has 0 radical (unpaired) electrons. The van der Waals surface area contributed by atoms with E-state index in [1.165, 1.54) is 6.20 Å². The highest BCUT2D eigenvalue weighted by atomic mass is 16.5. The Kier molecular flexibility index (Phi) is 7.29. The van der Waals surface area contributed by atoms with Crippen molar-refractivity contribution in [3.8, 4) is 0 Å². The SMILES string of the molecule is CC(CN1CCOCC1)N(Cc1ccccc1)C(=O)CCn1ncc(=O)c2ccccc21. The van der Waals surface area contributed by atoms with Crippen molar-refractivity contribution in [2.45, 2.75) is 32.5 Å². The molecule has 7 heteroatoms. The third-order valence-electron chi connectivity index (χ3n) is 5.97. The molecule has 0 aliphatic carbocycles. The summed E-state index contributed by atoms with van der Waals surface area (Å²) in [5, 5.41) is 4.89. The van der Waals surface area contributed by atoms with Gasteiger partial charge in [-0.3, -0.25) is 19.2 Å². The lowest BCUT2D eigenvalue weighted by Crippen LogP contribution is -2.48. The Labute approximate surface area is 188 Å². The predicted molar refractivity (Wildman–Crippen MR) is 124 cm³/mol. The van der Waals surface area contributed by atoms with E-state index in [0.717, 1.165) is 43.9 Å². The van der Waals surface area contributed by atoms with Crippen molar-refractivity contribution in [3.05, 3.63) is 76.6 Å². The summed E-state index contributed by atoms with van der Waals surface area (Å²) in [5.41, 5.74) is 1.76. The molecule has 3 aromatic rings. The van der Waals surface area contributed by atoms with Gasteiger partial charge in [0.2, 0.25) is 11.3 Å². The molecule has 1 saturated heterocycles. The van der Waals surface area contributed by atoms with Gasteiger partial charge in [-0.25, -0.2) is 0 Å². The number of carbonyl (C=O) groups is 1. The molecule has 1 atom stereocenters. The normalized spacial score (nSPS) is 15.5. The van der Waals surface area contributed by atoms with E-state index in [2.05, 4.69) is 29.1 Å². The Morgan fingerprint density at radius 3 is 2.59 bits per heavy atom. The molecule has 4 rings (SSSR count). The first kappa shape index (κ1) is 22.2. The number of fused-ring (bicyclic) bond motifs is 1. The molecule has 1 amide bonds. The van der Waals surface area contributed by atoms with Crippen molar-refractivity contribution in [1.29, 1.82) is 0 Å². The van der Waals surface area contributed by atoms with Crippen LogP contribution >= 0.6 is 0 Å². The Balaban J connectivity index is 1.49. The fourth-order valence-electron chi connectivity index (χ4n) is 4.21. The minimum atomic E-state index is -0.104. The molecule has 2 heterocycles. The van der Waals surface area contributed by atoms with Crippen LogP contribution in [0.5, 0.6) is 0 Å². The molecule has 7 nitrogen and oxygen atoms in total. The molecule has 168 valence electrons. The Bertz CT molecular complexity index is 1090. The van der Waals surface area contributed by atoms with Crippen LogP contribution in [0.15, 0.2) is 65.6 Å². The molecular formula is C25H30N4O3. The maximum absolute atomic E-state index is 13.4. The summed E-state index contributed by atoms with van der Waals surface area (Å²) >= 11 is 0. The first-order chi connectivity index (χ1) is 15.6. The molecule has 0 N–H and O–H groups in total. The number of morpholine rings is 1. The van der Waals surface area contributed by atoms with Crippen LogP contribution in [0.1, 0.15) is 18.9 Å². The summed E-state index contributed by atoms with van der Waals surface area (Å²) in [4.78, 5) is 29.8. The van der Waals surface area contributed by atoms with Gasteiger partial charge < -0.3 is 9.64 Å². The third-order valence-corrected chi connectivity index (χ3v) is 5.97. The lowest BCUT2D eigenvalue weighted by molar-refractivity contribution is -0.134. The molecule has 0 spiro atoms. The summed E-state index contributed by atoms with van der Waals surface area (Å²) in [6, 6.07) is 17.6. The van der Waals surface area contributed by atoms with Crippen LogP contribution in [0.2, 0.25) is 0 Å². The molecule has 1 aromatic heterocycles. The quantitative estimate of drug-likeness (QED) is 0.545. The number of aromatic nitrogens is 2. The third kappa shape index (κ3) is 5.41. The van der Waals surface area contributed by atoms with Crippen LogP contribution in [-0.4, -0.2) is 64.4 Å². The zero-order valence-electron chi connectivity index (χ0n) is 18.5. The standard InChI is InChI=1S/C25H30N4O3/c1-20(18-27-13-15-32-16-14-27)28(19-21-7-3-2-4-8-21)25(31)11-12-29-23-10-6-5-9-22(23)24(30)17-26-29/h2-10,17,20H,11-16,18-19H2,1H3. The van der Waals surface area contributed by atoms with Gasteiger partial charge in [-0.05, 0) is 24.6 Å². The van der Waals surface area contributed by atoms with Crippen LogP contribution < -0.4 is 5.43 Å². The highest BCUT2D eigenvalue weighted by Gasteiger charge is 2.23. The molecule has 1 unspecified atom stereocenters. The van der Waals surface area contributed by atoms with Gasteiger partial charge in [-0.15, -0.1) is 0 Å². The minimum Gasteiger partial charge on any atom is -0.379 e. The van der Waals surface area contributed by atoms with Crippen LogP contribution in [0, 0.1) is 0 Å². The van der Waals surface area contributed by atoms with E-state index in [4.69, 9.17) is 4.74 Å². The summed E-state index contributed by atoms with van der Waals surface area (Å²) in [7, 11) is 0. The number of rotatable bonds is 8. The average molecular weight is 435 g/mol. The summed E-state index contributed by atoms with van der Waals surface area (Å²) in [6.45, 7) is 7.20. The second kappa shape index (κ2) is 10.5. The van der Waals surface area contributed by atoms with Crippen molar-refractivity contribution in [1.82, 2.24) is 19.6 Å². The van der Waals surface area contributed by atoms with Gasteiger partial charge in [0.1, 0.15) is 0 Å². The van der Waals surface area contributed by atoms with Gasteiger partial charge in [0, 0.05) is 44.0 Å². The number of ether oxygens (including phenoxy) is 1. The minimum absolute atomic E-state index is 0.0690. The fraction of sp³-hybridized carbons (Fsp3) is 0.400. The monoisotopic (exact) mass is 434 g/mol. The molecule has 0 bridgehead atoms. The highest BCUT2D eigenvalue weighted by molar-refractivity contribution is 5.79. The lowest BCUT2D eigenvalue weighted by Gasteiger charge is -2.35. The molecule has 1 fully saturated rings. The topological polar surface area (TPSA) is 67.7 Å². The first-order valence-corrected chi connectivity index (χ1v) is 11.2. The van der Waals surface area contributed by atoms with Crippen LogP contribution in [0.4, 0.5) is 0 Å². The maximum atomic E-state index is 13.4. The number of benzene rings is 2. The number of hydrogen-bond donors (Lipinski definition) is 0. The second-order valence-electron chi connectivity index (χ2n) is 8.27. The smallest absolute Gasteiger partial charge is 0.225 e. The van der Waals surface area contributed by atoms with Crippen LogP contribution in [0.25, 0.3) is 10.9 Å². The zero-order chi connectivity index (χ0) is 22.3. The van der Waals surface area contributed by atoms with E-state index in [0.29, 0.717) is 24.9 Å². The van der Waals surface area contributed by atoms with Crippen molar-refractivity contribution in [2.24, 2.45) is 0 Å². The van der Waals surface area contributed by atoms with Gasteiger partial charge in [0.05, 0.1) is 31.5 Å². The maximum Gasteiger partial charge on any atom is 0.225 e. The van der Waals surface area contributed by atoms with Crippen molar-refractivity contribution < 1.29 is 9.53 Å². The van der Waals surface area contributed by atoms with E-state index in [1.54, 1.807) is 10.7 Å². The molecule has 32 heavy (non-hydrogen) atoms. The summed E-state index contributed by atoms with van der Waals surface area (Å²) < 4.78 is 7.21. The molecule has 2 aromatic carbocycles. The highest BCUT2D eigenvalue weighted by Crippen LogP contribution is 2.14. The largest absolute Gasteiger partial charge is 0.379 e. The van der Waals surface area contributed by atoms with Crippen molar-refractivity contribution in [3.63, 3.8) is 0 Å². The van der Waals surface area contributed by atoms with Gasteiger partial charge in [-0.2, -0.15) is 5.10 Å². The summed E-state index contributed by atoms with van der Waals surface area (Å²) in [5.74, 6) is 0.0826. The van der Waals surface area contributed by atoms with E-state index >= 15 is 0 Å². The zero-order valence-corrected chi connectivity index (χ0v) is 18.5. The number of para-hydroxylation sites is 1. The Morgan fingerprint density at radius 1 is 1.09 bits per heavy atom. The van der Waals surface area contributed by atoms with E-state index < -0.39 is 0 Å². The number of hydrogen-bond acceptors (Lipinski definition) is 5. The van der Waals surface area contributed by atoms with Gasteiger partial charge in [0.15, 0.2) is 0 Å². The molecule has 1 aliphatic rings. The molecular weight excluding hydrogens is 404 g/mol. The Morgan fingerprint density at radius 2 is 1.81 bits per heavy atom. The van der Waals surface area contributed by atoms with E-state index in [-0.39, 0.29) is 17.4 Å². The average Bonchev–Trinajstić information content (AvgIpc) is 2.83. The molecule has 1 aliphatic heterocycles. The van der Waals surface area contributed by atoms with Crippen LogP contribution in [-0.2, 0) is 22.6 Å². The van der Waals surface area contributed by atoms with E-state index in [1.807, 2.05) is 41.3 Å². The van der Waals surface area contributed by atoms with Crippen molar-refractivity contribution in [2.75, 3.05) is 32.8 Å². The van der Waals surface area contributed by atoms with Gasteiger partial charge in [0.25, 0.3) is 0 Å². The fourth-order valence-corrected chi connectivity index (χ4v) is 4.21. The number of amides is 1. The summed E-state index contributed by atoms with van der Waals surface area (Å²) in [6.07, 6.45) is 1.65. The van der Waals surface area contributed by atoms with Gasteiger partial charge in [-0.1, -0.05) is 42.5 Å². The molecule has 0 saturated carbocycles. The number of aryl methyl sites for hydroxylation is 1. The van der Waals surface area contributed by atoms with Crippen molar-refractivity contribution >= 4 is 16.8 Å². The van der Waals surface area contributed by atoms with Gasteiger partial charge >= 0.3 is 0 Å².